The Hall–Kier alpha value is -0.160. The first-order valence-corrected chi connectivity index (χ1v) is 7.38. The Labute approximate surface area is 102 Å². The molecule has 1 nitrogen and oxygen atoms in total. The molecule has 2 atom stereocenters. The third kappa shape index (κ3) is 1.68. The number of hydrogen-bond donors (Lipinski definition) is 0. The molecule has 92 valence electrons. The van der Waals surface area contributed by atoms with Gasteiger partial charge in [-0.15, -0.1) is 6.58 Å². The van der Waals surface area contributed by atoms with Crippen molar-refractivity contribution in [3.05, 3.63) is 12.7 Å². The summed E-state index contributed by atoms with van der Waals surface area (Å²) in [4.78, 5) is 12.5. The van der Waals surface area contributed by atoms with Crippen LogP contribution in [0.2, 0.25) is 0 Å². The van der Waals surface area contributed by atoms with Crippen molar-refractivity contribution in [1.82, 2.24) is 0 Å². The Kier molecular flexibility index (Phi) is 3.70. The van der Waals surface area contributed by atoms with Crippen LogP contribution < -0.4 is 0 Å². The predicted octanol–water partition coefficient (Wildman–Crippen LogP) is 4.23. The highest BCUT2D eigenvalue weighted by molar-refractivity contribution is 7.58. The Balaban J connectivity index is 3.37. The Morgan fingerprint density at radius 1 is 1.50 bits per heavy atom. The summed E-state index contributed by atoms with van der Waals surface area (Å²) in [6.07, 6.45) is 5.15. The fourth-order valence-electron chi connectivity index (χ4n) is 3.28. The van der Waals surface area contributed by atoms with E-state index in [1.807, 2.05) is 6.08 Å². The van der Waals surface area contributed by atoms with Crippen LogP contribution in [0.4, 0.5) is 0 Å². The maximum atomic E-state index is 12.5. The Morgan fingerprint density at radius 3 is 2.44 bits per heavy atom. The highest BCUT2D eigenvalue weighted by Crippen LogP contribution is 2.61. The predicted molar refractivity (Wildman–Crippen MR) is 73.3 cm³/mol. The SMILES string of the molecule is C=CC1(C(C)(C)CC)C(=O)PCCC1(C)C. The molecule has 0 bridgehead atoms. The molecule has 0 saturated carbocycles. The molecule has 0 aromatic heterocycles. The first-order valence-electron chi connectivity index (χ1n) is 6.17. The molecule has 1 rings (SSSR count). The Bertz CT molecular complexity index is 294. The highest BCUT2D eigenvalue weighted by atomic mass is 31.1. The molecule has 1 saturated heterocycles. The van der Waals surface area contributed by atoms with Crippen molar-refractivity contribution in [2.24, 2.45) is 16.2 Å². The van der Waals surface area contributed by atoms with E-state index in [0.29, 0.717) is 14.1 Å². The minimum Gasteiger partial charge on any atom is -0.294 e. The fourth-order valence-corrected chi connectivity index (χ4v) is 5.31. The number of rotatable bonds is 3. The van der Waals surface area contributed by atoms with E-state index in [-0.39, 0.29) is 16.2 Å². The summed E-state index contributed by atoms with van der Waals surface area (Å²) < 4.78 is 0. The van der Waals surface area contributed by atoms with E-state index in [2.05, 4.69) is 41.2 Å². The van der Waals surface area contributed by atoms with Gasteiger partial charge in [-0.25, -0.2) is 0 Å². The van der Waals surface area contributed by atoms with Crippen LogP contribution >= 0.6 is 8.58 Å². The van der Waals surface area contributed by atoms with Gasteiger partial charge >= 0.3 is 0 Å². The molecule has 1 heterocycles. The zero-order valence-corrected chi connectivity index (χ0v) is 12.3. The van der Waals surface area contributed by atoms with Gasteiger partial charge in [-0.1, -0.05) is 40.7 Å². The van der Waals surface area contributed by atoms with Gasteiger partial charge in [0.1, 0.15) is 0 Å². The number of allylic oxidation sites excluding steroid dienone is 1. The number of carbonyl (C=O) groups is 1. The zero-order chi connectivity index (χ0) is 12.6. The third-order valence-corrected chi connectivity index (χ3v) is 5.93. The first-order chi connectivity index (χ1) is 7.25. The lowest BCUT2D eigenvalue weighted by Crippen LogP contribution is -2.53. The molecule has 0 aliphatic carbocycles. The lowest BCUT2D eigenvalue weighted by atomic mass is 9.51. The quantitative estimate of drug-likeness (QED) is 0.533. The molecule has 1 aliphatic heterocycles. The molecule has 1 aliphatic rings. The molecule has 2 unspecified atom stereocenters. The minimum absolute atomic E-state index is 0.00273. The second-order valence-corrected chi connectivity index (χ2v) is 7.45. The minimum atomic E-state index is -0.342. The van der Waals surface area contributed by atoms with Crippen LogP contribution in [0.5, 0.6) is 0 Å². The largest absolute Gasteiger partial charge is 0.294 e. The average Bonchev–Trinajstić information content (AvgIpc) is 2.17. The van der Waals surface area contributed by atoms with Gasteiger partial charge in [0.25, 0.3) is 0 Å². The van der Waals surface area contributed by atoms with Crippen LogP contribution in [0.25, 0.3) is 0 Å². The van der Waals surface area contributed by atoms with Gasteiger partial charge in [0.15, 0.2) is 5.52 Å². The van der Waals surface area contributed by atoms with Crippen LogP contribution in [-0.4, -0.2) is 11.7 Å². The average molecular weight is 240 g/mol. The van der Waals surface area contributed by atoms with E-state index in [1.165, 1.54) is 0 Å². The second-order valence-electron chi connectivity index (χ2n) is 6.14. The molecular weight excluding hydrogens is 215 g/mol. The smallest absolute Gasteiger partial charge is 0.162 e. The van der Waals surface area contributed by atoms with Crippen molar-refractivity contribution in [2.75, 3.05) is 6.16 Å². The maximum Gasteiger partial charge on any atom is 0.162 e. The fraction of sp³-hybridized carbons (Fsp3) is 0.786. The molecule has 0 aromatic rings. The summed E-state index contributed by atoms with van der Waals surface area (Å²) in [5.41, 5.74) is 0.121. The van der Waals surface area contributed by atoms with Crippen molar-refractivity contribution in [1.29, 1.82) is 0 Å². The summed E-state index contributed by atoms with van der Waals surface area (Å²) >= 11 is 0. The summed E-state index contributed by atoms with van der Waals surface area (Å²) in [5, 5.41) is 0. The van der Waals surface area contributed by atoms with Gasteiger partial charge in [-0.2, -0.15) is 0 Å². The van der Waals surface area contributed by atoms with Gasteiger partial charge in [0.05, 0.1) is 5.41 Å². The van der Waals surface area contributed by atoms with Crippen LogP contribution in [0, 0.1) is 16.2 Å². The van der Waals surface area contributed by atoms with Crippen LogP contribution in [0.1, 0.15) is 47.5 Å². The third-order valence-electron chi connectivity index (χ3n) is 4.72. The van der Waals surface area contributed by atoms with Crippen LogP contribution in [0.15, 0.2) is 12.7 Å². The van der Waals surface area contributed by atoms with Crippen LogP contribution in [0.3, 0.4) is 0 Å². The molecule has 16 heavy (non-hydrogen) atoms. The maximum absolute atomic E-state index is 12.5. The van der Waals surface area contributed by atoms with E-state index < -0.39 is 0 Å². The standard InChI is InChI=1S/C14H25OP/c1-7-12(3,4)14(8-2)11(15)16-10-9-13(14,5)6/h8,16H,2,7,9-10H2,1,3-6H3. The second kappa shape index (κ2) is 4.26. The molecule has 1 fully saturated rings. The Morgan fingerprint density at radius 2 is 2.06 bits per heavy atom. The zero-order valence-electron chi connectivity index (χ0n) is 11.3. The summed E-state index contributed by atoms with van der Waals surface area (Å²) in [7, 11) is 0.467. The molecule has 0 N–H and O–H groups in total. The molecule has 0 aromatic carbocycles. The first kappa shape index (κ1) is 13.9. The number of carbonyl (C=O) groups excluding carboxylic acids is 1. The summed E-state index contributed by atoms with van der Waals surface area (Å²) in [6.45, 7) is 15.1. The van der Waals surface area contributed by atoms with Gasteiger partial charge < -0.3 is 0 Å². The summed E-state index contributed by atoms with van der Waals surface area (Å²) in [5.74, 6) is 0. The van der Waals surface area contributed by atoms with E-state index in [0.717, 1.165) is 19.0 Å². The van der Waals surface area contributed by atoms with Crippen LogP contribution in [-0.2, 0) is 4.79 Å². The van der Waals surface area contributed by atoms with Gasteiger partial charge in [-0.05, 0) is 38.4 Å². The van der Waals surface area contributed by atoms with Crippen molar-refractivity contribution in [3.8, 4) is 0 Å². The molecule has 0 radical (unpaired) electrons. The van der Waals surface area contributed by atoms with Crippen molar-refractivity contribution in [2.45, 2.75) is 47.5 Å². The lowest BCUT2D eigenvalue weighted by molar-refractivity contribution is -0.133. The van der Waals surface area contributed by atoms with Crippen molar-refractivity contribution < 1.29 is 4.79 Å². The normalized spacial score (nSPS) is 31.7. The van der Waals surface area contributed by atoms with Gasteiger partial charge in [0.2, 0.25) is 0 Å². The van der Waals surface area contributed by atoms with Gasteiger partial charge in [-0.3, -0.25) is 4.79 Å². The van der Waals surface area contributed by atoms with Crippen molar-refractivity contribution >= 4 is 14.1 Å². The molecule has 0 amide bonds. The summed E-state index contributed by atoms with van der Waals surface area (Å²) in [6, 6.07) is 0. The molecule has 2 heteroatoms. The molecule has 0 spiro atoms. The lowest BCUT2D eigenvalue weighted by Gasteiger charge is -2.55. The highest BCUT2D eigenvalue weighted by Gasteiger charge is 2.57. The van der Waals surface area contributed by atoms with E-state index in [4.69, 9.17) is 0 Å². The topological polar surface area (TPSA) is 17.1 Å². The van der Waals surface area contributed by atoms with E-state index in [9.17, 15) is 4.79 Å². The monoisotopic (exact) mass is 240 g/mol. The molecular formula is C14H25OP. The van der Waals surface area contributed by atoms with Crippen molar-refractivity contribution in [3.63, 3.8) is 0 Å². The van der Waals surface area contributed by atoms with E-state index in [1.54, 1.807) is 0 Å². The van der Waals surface area contributed by atoms with E-state index >= 15 is 0 Å². The van der Waals surface area contributed by atoms with Gasteiger partial charge in [0, 0.05) is 0 Å². The number of hydrogen-bond acceptors (Lipinski definition) is 1.